The molecule has 1 atom stereocenters. The molecule has 110 valence electrons. The molecule has 21 heavy (non-hydrogen) atoms. The first kappa shape index (κ1) is 13.5. The summed E-state index contributed by atoms with van der Waals surface area (Å²) in [6, 6.07) is 1.71. The van der Waals surface area contributed by atoms with Crippen molar-refractivity contribution in [1.82, 2.24) is 29.9 Å². The predicted molar refractivity (Wildman–Crippen MR) is 72.6 cm³/mol. The van der Waals surface area contributed by atoms with Gasteiger partial charge in [-0.05, 0) is 12.8 Å². The summed E-state index contributed by atoms with van der Waals surface area (Å²) >= 11 is 0. The van der Waals surface area contributed by atoms with Gasteiger partial charge in [0.15, 0.2) is 5.69 Å². The van der Waals surface area contributed by atoms with Crippen LogP contribution in [-0.4, -0.2) is 55.0 Å². The molecule has 3 rings (SSSR count). The Hall–Kier alpha value is -2.51. The van der Waals surface area contributed by atoms with Crippen LogP contribution in [0.5, 0.6) is 5.88 Å². The van der Waals surface area contributed by atoms with Gasteiger partial charge in [0.25, 0.3) is 5.91 Å². The molecular weight excluding hydrogens is 272 g/mol. The van der Waals surface area contributed by atoms with Crippen molar-refractivity contribution in [3.05, 3.63) is 30.5 Å². The van der Waals surface area contributed by atoms with E-state index in [4.69, 9.17) is 4.74 Å². The topological polar surface area (TPSA) is 86.0 Å². The van der Waals surface area contributed by atoms with Gasteiger partial charge >= 0.3 is 0 Å². The van der Waals surface area contributed by atoms with Crippen LogP contribution in [0, 0.1) is 0 Å². The maximum atomic E-state index is 12.3. The lowest BCUT2D eigenvalue weighted by atomic mass is 10.1. The zero-order valence-electron chi connectivity index (χ0n) is 11.7. The smallest absolute Gasteiger partial charge is 0.276 e. The van der Waals surface area contributed by atoms with Crippen LogP contribution in [0.2, 0.25) is 0 Å². The summed E-state index contributed by atoms with van der Waals surface area (Å²) in [5.41, 5.74) is 0.361. The summed E-state index contributed by atoms with van der Waals surface area (Å²) in [5.74, 6) is 0.419. The third-order valence-corrected chi connectivity index (χ3v) is 3.33. The Bertz CT molecular complexity index is 614. The first-order valence-electron chi connectivity index (χ1n) is 6.80. The lowest BCUT2D eigenvalue weighted by Gasteiger charge is -2.32. The maximum absolute atomic E-state index is 12.3. The van der Waals surface area contributed by atoms with Crippen LogP contribution >= 0.6 is 0 Å². The highest BCUT2D eigenvalue weighted by Gasteiger charge is 2.27. The maximum Gasteiger partial charge on any atom is 0.276 e. The van der Waals surface area contributed by atoms with Crippen molar-refractivity contribution in [2.45, 2.75) is 18.9 Å². The molecule has 8 nitrogen and oxygen atoms in total. The number of ether oxygens (including phenoxy) is 1. The van der Waals surface area contributed by atoms with Crippen molar-refractivity contribution in [3.8, 4) is 5.88 Å². The minimum absolute atomic E-state index is 0.0609. The van der Waals surface area contributed by atoms with Gasteiger partial charge in [-0.15, -0.1) is 5.10 Å². The minimum atomic E-state index is -0.112. The molecular formula is C13H16N6O2. The molecule has 0 saturated carbocycles. The SMILES string of the molecule is Cn1cc(C(=O)N2CCC[C@@H](Oc3ccncn3)C2)nn1. The molecule has 0 aliphatic carbocycles. The van der Waals surface area contributed by atoms with Crippen LogP contribution in [0.1, 0.15) is 23.3 Å². The molecule has 1 aliphatic rings. The van der Waals surface area contributed by atoms with Crippen LogP contribution in [-0.2, 0) is 7.05 Å². The third kappa shape index (κ3) is 3.15. The fourth-order valence-corrected chi connectivity index (χ4v) is 2.35. The molecule has 3 heterocycles. The molecule has 0 radical (unpaired) electrons. The van der Waals surface area contributed by atoms with Gasteiger partial charge in [-0.25, -0.2) is 9.97 Å². The highest BCUT2D eigenvalue weighted by molar-refractivity contribution is 5.92. The highest BCUT2D eigenvalue weighted by Crippen LogP contribution is 2.17. The van der Waals surface area contributed by atoms with E-state index >= 15 is 0 Å². The second kappa shape index (κ2) is 5.86. The summed E-state index contributed by atoms with van der Waals surface area (Å²) in [5, 5.41) is 7.65. The Balaban J connectivity index is 1.64. The van der Waals surface area contributed by atoms with E-state index < -0.39 is 0 Å². The number of nitrogens with zero attached hydrogens (tertiary/aromatic N) is 6. The lowest BCUT2D eigenvalue weighted by Crippen LogP contribution is -2.44. The van der Waals surface area contributed by atoms with Crippen LogP contribution in [0.3, 0.4) is 0 Å². The summed E-state index contributed by atoms with van der Waals surface area (Å²) in [4.78, 5) is 22.0. The Labute approximate surface area is 121 Å². The molecule has 0 aromatic carbocycles. The number of hydrogen-bond acceptors (Lipinski definition) is 6. The largest absolute Gasteiger partial charge is 0.472 e. The Morgan fingerprint density at radius 3 is 3.10 bits per heavy atom. The molecule has 1 aliphatic heterocycles. The van der Waals surface area contributed by atoms with Gasteiger partial charge in [0.1, 0.15) is 12.4 Å². The van der Waals surface area contributed by atoms with Gasteiger partial charge in [0.2, 0.25) is 5.88 Å². The number of piperidine rings is 1. The molecule has 0 spiro atoms. The summed E-state index contributed by atoms with van der Waals surface area (Å²) < 4.78 is 7.31. The van der Waals surface area contributed by atoms with Crippen molar-refractivity contribution in [1.29, 1.82) is 0 Å². The van der Waals surface area contributed by atoms with Crippen LogP contribution in [0.15, 0.2) is 24.8 Å². The van der Waals surface area contributed by atoms with Crippen molar-refractivity contribution in [3.63, 3.8) is 0 Å². The van der Waals surface area contributed by atoms with Crippen LogP contribution in [0.4, 0.5) is 0 Å². The molecule has 1 saturated heterocycles. The lowest BCUT2D eigenvalue weighted by molar-refractivity contribution is 0.0522. The van der Waals surface area contributed by atoms with Gasteiger partial charge in [0.05, 0.1) is 12.7 Å². The molecule has 1 fully saturated rings. The number of likely N-dealkylation sites (tertiary alicyclic amines) is 1. The average molecular weight is 288 g/mol. The number of amides is 1. The summed E-state index contributed by atoms with van der Waals surface area (Å²) in [6.07, 6.45) is 6.43. The standard InChI is InChI=1S/C13H16N6O2/c1-18-8-11(16-17-18)13(20)19-6-2-3-10(7-19)21-12-4-5-14-9-15-12/h4-5,8-10H,2-3,6-7H2,1H3/t10-/m1/s1. The van der Waals surface area contributed by atoms with E-state index in [0.717, 1.165) is 12.8 Å². The van der Waals surface area contributed by atoms with Crippen molar-refractivity contribution >= 4 is 5.91 Å². The molecule has 0 unspecified atom stereocenters. The predicted octanol–water partition coefficient (Wildman–Crippen LogP) is 0.289. The number of aromatic nitrogens is 5. The van der Waals surface area contributed by atoms with Crippen LogP contribution < -0.4 is 4.74 Å². The second-order valence-corrected chi connectivity index (χ2v) is 4.96. The zero-order chi connectivity index (χ0) is 14.7. The Morgan fingerprint density at radius 2 is 2.38 bits per heavy atom. The zero-order valence-corrected chi connectivity index (χ0v) is 11.7. The molecule has 8 heteroatoms. The first-order valence-corrected chi connectivity index (χ1v) is 6.80. The normalized spacial score (nSPS) is 18.5. The van der Waals surface area contributed by atoms with Gasteiger partial charge in [-0.3, -0.25) is 9.48 Å². The molecule has 0 N–H and O–H groups in total. The summed E-state index contributed by atoms with van der Waals surface area (Å²) in [7, 11) is 1.74. The highest BCUT2D eigenvalue weighted by atomic mass is 16.5. The Kier molecular flexibility index (Phi) is 3.76. The molecule has 0 bridgehead atoms. The number of hydrogen-bond donors (Lipinski definition) is 0. The number of aryl methyl sites for hydroxylation is 1. The molecule has 2 aromatic heterocycles. The van der Waals surface area contributed by atoms with E-state index in [-0.39, 0.29) is 12.0 Å². The Morgan fingerprint density at radius 1 is 1.48 bits per heavy atom. The van der Waals surface area contributed by atoms with Gasteiger partial charge in [-0.1, -0.05) is 5.21 Å². The van der Waals surface area contributed by atoms with E-state index in [0.29, 0.717) is 24.7 Å². The van der Waals surface area contributed by atoms with Crippen molar-refractivity contribution in [2.24, 2.45) is 7.05 Å². The van der Waals surface area contributed by atoms with Gasteiger partial charge in [-0.2, -0.15) is 0 Å². The quantitative estimate of drug-likeness (QED) is 0.807. The first-order chi connectivity index (χ1) is 10.2. The van der Waals surface area contributed by atoms with E-state index in [1.54, 1.807) is 30.4 Å². The fourth-order valence-electron chi connectivity index (χ4n) is 2.35. The van der Waals surface area contributed by atoms with Crippen molar-refractivity contribution < 1.29 is 9.53 Å². The average Bonchev–Trinajstić information content (AvgIpc) is 2.94. The number of carbonyl (C=O) groups is 1. The third-order valence-electron chi connectivity index (χ3n) is 3.33. The van der Waals surface area contributed by atoms with E-state index in [2.05, 4.69) is 20.3 Å². The molecule has 2 aromatic rings. The van der Waals surface area contributed by atoms with E-state index in [9.17, 15) is 4.79 Å². The number of carbonyl (C=O) groups excluding carboxylic acids is 1. The van der Waals surface area contributed by atoms with Gasteiger partial charge < -0.3 is 9.64 Å². The second-order valence-electron chi connectivity index (χ2n) is 4.96. The minimum Gasteiger partial charge on any atom is -0.472 e. The van der Waals surface area contributed by atoms with Crippen molar-refractivity contribution in [2.75, 3.05) is 13.1 Å². The fraction of sp³-hybridized carbons (Fsp3) is 0.462. The van der Waals surface area contributed by atoms with E-state index in [1.807, 2.05) is 0 Å². The molecule has 1 amide bonds. The number of rotatable bonds is 3. The summed E-state index contributed by atoms with van der Waals surface area (Å²) in [6.45, 7) is 1.23. The van der Waals surface area contributed by atoms with Gasteiger partial charge in [0, 0.05) is 25.9 Å². The van der Waals surface area contributed by atoms with Crippen LogP contribution in [0.25, 0.3) is 0 Å². The van der Waals surface area contributed by atoms with E-state index in [1.165, 1.54) is 11.0 Å². The monoisotopic (exact) mass is 288 g/mol.